The SMILES string of the molecule is CCCCCCCCCCCC(=O)OP(=O)([O-])[O-].[Zn+2]. The maximum atomic E-state index is 10.9. The van der Waals surface area contributed by atoms with Crippen molar-refractivity contribution >= 4 is 13.8 Å². The molecule has 0 N–H and O–H groups in total. The van der Waals surface area contributed by atoms with Crippen LogP contribution in [0, 0.1) is 0 Å². The van der Waals surface area contributed by atoms with Crippen LogP contribution < -0.4 is 9.79 Å². The molecule has 19 heavy (non-hydrogen) atoms. The van der Waals surface area contributed by atoms with Gasteiger partial charge in [-0.05, 0) is 6.42 Å². The summed E-state index contributed by atoms with van der Waals surface area (Å²) in [4.78, 5) is 31.1. The topological polar surface area (TPSA) is 89.5 Å². The third-order valence-corrected chi connectivity index (χ3v) is 3.13. The van der Waals surface area contributed by atoms with E-state index in [-0.39, 0.29) is 25.9 Å². The number of phosphoric acid groups is 1. The summed E-state index contributed by atoms with van der Waals surface area (Å²) in [5.74, 6) is -0.939. The van der Waals surface area contributed by atoms with Gasteiger partial charge in [0.05, 0.1) is 0 Å². The van der Waals surface area contributed by atoms with E-state index in [1.165, 1.54) is 32.1 Å². The van der Waals surface area contributed by atoms with Crippen molar-refractivity contribution < 1.29 is 43.1 Å². The predicted molar refractivity (Wildman–Crippen MR) is 65.5 cm³/mol. The molecule has 0 bridgehead atoms. The fourth-order valence-electron chi connectivity index (χ4n) is 1.75. The number of hydrogen-bond acceptors (Lipinski definition) is 5. The van der Waals surface area contributed by atoms with Gasteiger partial charge in [-0.2, -0.15) is 0 Å². The molecule has 108 valence electrons. The summed E-state index contributed by atoms with van der Waals surface area (Å²) in [6.07, 6.45) is 9.90. The Labute approximate surface area is 128 Å². The molecule has 0 aromatic heterocycles. The summed E-state index contributed by atoms with van der Waals surface area (Å²) < 4.78 is 13.8. The van der Waals surface area contributed by atoms with Crippen LogP contribution in [-0.4, -0.2) is 5.97 Å². The minimum absolute atomic E-state index is 0. The Morgan fingerprint density at radius 3 is 1.79 bits per heavy atom. The third kappa shape index (κ3) is 18.2. The van der Waals surface area contributed by atoms with Gasteiger partial charge in [0, 0.05) is 6.42 Å². The van der Waals surface area contributed by atoms with E-state index in [1.54, 1.807) is 0 Å². The minimum atomic E-state index is -5.15. The molecule has 0 rings (SSSR count). The van der Waals surface area contributed by atoms with Crippen molar-refractivity contribution in [2.75, 3.05) is 0 Å². The molecule has 7 heteroatoms. The molecule has 0 aromatic carbocycles. The molecule has 0 aliphatic carbocycles. The van der Waals surface area contributed by atoms with E-state index in [2.05, 4.69) is 11.4 Å². The molecule has 0 fully saturated rings. The molecule has 0 aromatic rings. The first-order valence-electron chi connectivity index (χ1n) is 6.70. The number of carbonyl (C=O) groups is 1. The average Bonchev–Trinajstić information content (AvgIpc) is 2.24. The second kappa shape index (κ2) is 13.2. The molecule has 0 radical (unpaired) electrons. The second-order valence-electron chi connectivity index (χ2n) is 4.49. The van der Waals surface area contributed by atoms with Crippen molar-refractivity contribution in [1.29, 1.82) is 0 Å². The summed E-state index contributed by atoms with van der Waals surface area (Å²) in [6.45, 7) is 2.18. The van der Waals surface area contributed by atoms with Gasteiger partial charge in [0.25, 0.3) is 0 Å². The van der Waals surface area contributed by atoms with Crippen LogP contribution in [0.15, 0.2) is 0 Å². The standard InChI is InChI=1S/C12H25O5P.Zn/c1-2-3-4-5-6-7-8-9-10-11-12(13)17-18(14,15)16;/h2-11H2,1H3,(H2,14,15,16);/q;+2/p-2. The van der Waals surface area contributed by atoms with E-state index in [1.807, 2.05) is 0 Å². The maximum Gasteiger partial charge on any atom is 2.00 e. The van der Waals surface area contributed by atoms with Gasteiger partial charge in [-0.15, -0.1) is 0 Å². The van der Waals surface area contributed by atoms with Gasteiger partial charge in [0.2, 0.25) is 0 Å². The number of hydrogen-bond donors (Lipinski definition) is 0. The fraction of sp³-hybridized carbons (Fsp3) is 0.917. The van der Waals surface area contributed by atoms with Gasteiger partial charge in [-0.1, -0.05) is 58.3 Å². The Kier molecular flexibility index (Phi) is 15.0. The van der Waals surface area contributed by atoms with E-state index < -0.39 is 13.8 Å². The van der Waals surface area contributed by atoms with Gasteiger partial charge in [-0.25, -0.2) is 0 Å². The van der Waals surface area contributed by atoms with Crippen LogP contribution >= 0.6 is 7.82 Å². The number of carbonyl (C=O) groups excluding carboxylic acids is 1. The zero-order valence-electron chi connectivity index (χ0n) is 11.8. The maximum absolute atomic E-state index is 10.9. The molecule has 0 spiro atoms. The van der Waals surface area contributed by atoms with Crippen molar-refractivity contribution in [1.82, 2.24) is 0 Å². The Morgan fingerprint density at radius 2 is 1.37 bits per heavy atom. The van der Waals surface area contributed by atoms with Crippen LogP contribution in [0.1, 0.15) is 71.1 Å². The van der Waals surface area contributed by atoms with Crippen LogP contribution in [0.25, 0.3) is 0 Å². The number of unbranched alkanes of at least 4 members (excludes halogenated alkanes) is 8. The number of phosphoric ester groups is 1. The van der Waals surface area contributed by atoms with Crippen molar-refractivity contribution in [3.8, 4) is 0 Å². The van der Waals surface area contributed by atoms with Gasteiger partial charge in [-0.3, -0.25) is 4.79 Å². The Hall–Kier alpha value is 0.243. The van der Waals surface area contributed by atoms with E-state index in [0.29, 0.717) is 6.42 Å². The molecule has 5 nitrogen and oxygen atoms in total. The first-order chi connectivity index (χ1) is 8.45. The summed E-state index contributed by atoms with van der Waals surface area (Å²) in [6, 6.07) is 0. The smallest absolute Gasteiger partial charge is 0.780 e. The molecule has 0 aliphatic rings. The Morgan fingerprint density at radius 1 is 0.947 bits per heavy atom. The molecule has 0 atom stereocenters. The van der Waals surface area contributed by atoms with Crippen LogP contribution in [0.2, 0.25) is 0 Å². The summed E-state index contributed by atoms with van der Waals surface area (Å²) in [7, 11) is -5.15. The third-order valence-electron chi connectivity index (χ3n) is 2.70. The van der Waals surface area contributed by atoms with Gasteiger partial charge >= 0.3 is 25.4 Å². The largest absolute Gasteiger partial charge is 2.00 e. The zero-order valence-corrected chi connectivity index (χ0v) is 15.6. The normalized spacial score (nSPS) is 10.9. The summed E-state index contributed by atoms with van der Waals surface area (Å²) in [5, 5.41) is 0. The first kappa shape index (κ1) is 21.5. The van der Waals surface area contributed by atoms with E-state index in [9.17, 15) is 19.1 Å². The zero-order chi connectivity index (χ0) is 13.9. The Balaban J connectivity index is 0. The van der Waals surface area contributed by atoms with Gasteiger partial charge < -0.3 is 18.9 Å². The van der Waals surface area contributed by atoms with E-state index >= 15 is 0 Å². The molecular weight excluding hydrogens is 320 g/mol. The molecule has 0 saturated heterocycles. The fourth-order valence-corrected chi connectivity index (χ4v) is 2.09. The molecular formula is C12H23O5PZn. The molecule has 0 amide bonds. The second-order valence-corrected chi connectivity index (χ2v) is 5.57. The van der Waals surface area contributed by atoms with Crippen molar-refractivity contribution in [2.45, 2.75) is 71.1 Å². The molecule has 0 aliphatic heterocycles. The average molecular weight is 344 g/mol. The molecule has 0 heterocycles. The first-order valence-corrected chi connectivity index (χ1v) is 8.16. The van der Waals surface area contributed by atoms with Crippen molar-refractivity contribution in [3.63, 3.8) is 0 Å². The van der Waals surface area contributed by atoms with Crippen LogP contribution in [0.5, 0.6) is 0 Å². The van der Waals surface area contributed by atoms with E-state index in [4.69, 9.17) is 0 Å². The van der Waals surface area contributed by atoms with Crippen LogP contribution in [0.4, 0.5) is 0 Å². The van der Waals surface area contributed by atoms with Crippen molar-refractivity contribution in [2.24, 2.45) is 0 Å². The molecule has 0 saturated carbocycles. The van der Waals surface area contributed by atoms with Gasteiger partial charge in [0.1, 0.15) is 7.82 Å². The van der Waals surface area contributed by atoms with Crippen LogP contribution in [-0.2, 0) is 33.4 Å². The minimum Gasteiger partial charge on any atom is -0.780 e. The van der Waals surface area contributed by atoms with Crippen LogP contribution in [0.3, 0.4) is 0 Å². The number of rotatable bonds is 11. The Bertz CT molecular complexity index is 267. The quantitative estimate of drug-likeness (QED) is 0.326. The predicted octanol–water partition coefficient (Wildman–Crippen LogP) is 2.28. The van der Waals surface area contributed by atoms with E-state index in [0.717, 1.165) is 19.3 Å². The monoisotopic (exact) mass is 342 g/mol. The summed E-state index contributed by atoms with van der Waals surface area (Å²) in [5.41, 5.74) is 0. The molecule has 0 unspecified atom stereocenters. The summed E-state index contributed by atoms with van der Waals surface area (Å²) >= 11 is 0. The van der Waals surface area contributed by atoms with Gasteiger partial charge in [0.15, 0.2) is 0 Å². The van der Waals surface area contributed by atoms with Crippen molar-refractivity contribution in [3.05, 3.63) is 0 Å².